The highest BCUT2D eigenvalue weighted by Gasteiger charge is 2.04. The summed E-state index contributed by atoms with van der Waals surface area (Å²) >= 11 is 0. The maximum atomic E-state index is 11.9. The van der Waals surface area contributed by atoms with E-state index in [-0.39, 0.29) is 11.8 Å². The molecule has 2 aromatic rings. The monoisotopic (exact) mass is 426 g/mol. The molecule has 2 N–H and O–H groups in total. The molecule has 0 atom stereocenters. The fourth-order valence-corrected chi connectivity index (χ4v) is 3.17. The van der Waals surface area contributed by atoms with Crippen molar-refractivity contribution in [3.63, 3.8) is 0 Å². The van der Waals surface area contributed by atoms with Crippen molar-refractivity contribution in [1.29, 1.82) is 0 Å². The SMILES string of the molecule is COc1ccc(CNC(=O)CCCCCCCC(=O)NCc2ccc(OC)cc2)cc1. The number of rotatable bonds is 14. The van der Waals surface area contributed by atoms with Crippen LogP contribution in [0.4, 0.5) is 0 Å². The molecule has 0 radical (unpaired) electrons. The van der Waals surface area contributed by atoms with Gasteiger partial charge < -0.3 is 20.1 Å². The van der Waals surface area contributed by atoms with Gasteiger partial charge in [0.15, 0.2) is 0 Å². The summed E-state index contributed by atoms with van der Waals surface area (Å²) in [5.41, 5.74) is 2.11. The number of carbonyl (C=O) groups is 2. The third-order valence-electron chi connectivity index (χ3n) is 5.11. The Labute approximate surface area is 185 Å². The van der Waals surface area contributed by atoms with Gasteiger partial charge in [-0.25, -0.2) is 0 Å². The second-order valence-corrected chi connectivity index (χ2v) is 7.52. The maximum Gasteiger partial charge on any atom is 0.220 e. The van der Waals surface area contributed by atoms with Crippen LogP contribution in [0.5, 0.6) is 11.5 Å². The highest BCUT2D eigenvalue weighted by atomic mass is 16.5. The third kappa shape index (κ3) is 10.0. The summed E-state index contributed by atoms with van der Waals surface area (Å²) in [6.45, 7) is 1.07. The number of unbranched alkanes of at least 4 members (excludes halogenated alkanes) is 4. The zero-order chi connectivity index (χ0) is 22.3. The minimum atomic E-state index is 0.0775. The smallest absolute Gasteiger partial charge is 0.220 e. The van der Waals surface area contributed by atoms with Gasteiger partial charge in [-0.1, -0.05) is 43.5 Å². The van der Waals surface area contributed by atoms with Gasteiger partial charge in [-0.3, -0.25) is 9.59 Å². The fraction of sp³-hybridized carbons (Fsp3) is 0.440. The van der Waals surface area contributed by atoms with Gasteiger partial charge >= 0.3 is 0 Å². The molecule has 0 aliphatic carbocycles. The number of amides is 2. The number of benzene rings is 2. The zero-order valence-corrected chi connectivity index (χ0v) is 18.6. The summed E-state index contributed by atoms with van der Waals surface area (Å²) in [6.07, 6.45) is 5.87. The van der Waals surface area contributed by atoms with Crippen molar-refractivity contribution < 1.29 is 19.1 Å². The largest absolute Gasteiger partial charge is 0.497 e. The van der Waals surface area contributed by atoms with Crippen molar-refractivity contribution in [2.24, 2.45) is 0 Å². The molecular weight excluding hydrogens is 392 g/mol. The molecule has 168 valence electrons. The van der Waals surface area contributed by atoms with Gasteiger partial charge in [0.25, 0.3) is 0 Å². The predicted octanol–water partition coefficient (Wildman–Crippen LogP) is 4.37. The van der Waals surface area contributed by atoms with Crippen molar-refractivity contribution in [3.05, 3.63) is 59.7 Å². The van der Waals surface area contributed by atoms with Gasteiger partial charge in [0, 0.05) is 25.9 Å². The van der Waals surface area contributed by atoms with Crippen LogP contribution in [0, 0.1) is 0 Å². The minimum absolute atomic E-state index is 0.0775. The van der Waals surface area contributed by atoms with Crippen LogP contribution >= 0.6 is 0 Å². The van der Waals surface area contributed by atoms with Crippen molar-refractivity contribution in [2.75, 3.05) is 14.2 Å². The second-order valence-electron chi connectivity index (χ2n) is 7.52. The number of ether oxygens (including phenoxy) is 2. The van der Waals surface area contributed by atoms with Crippen molar-refractivity contribution in [1.82, 2.24) is 10.6 Å². The minimum Gasteiger partial charge on any atom is -0.497 e. The third-order valence-corrected chi connectivity index (χ3v) is 5.11. The number of carbonyl (C=O) groups excluding carboxylic acids is 2. The van der Waals surface area contributed by atoms with Crippen LogP contribution in [-0.2, 0) is 22.7 Å². The molecule has 0 fully saturated rings. The molecule has 0 saturated carbocycles. The van der Waals surface area contributed by atoms with Crippen molar-refractivity contribution in [2.45, 2.75) is 58.0 Å². The Hall–Kier alpha value is -3.02. The fourth-order valence-electron chi connectivity index (χ4n) is 3.17. The lowest BCUT2D eigenvalue weighted by Gasteiger charge is -2.07. The van der Waals surface area contributed by atoms with E-state index in [9.17, 15) is 9.59 Å². The van der Waals surface area contributed by atoms with Gasteiger partial charge in [0.2, 0.25) is 11.8 Å². The maximum absolute atomic E-state index is 11.9. The molecule has 0 aliphatic rings. The molecule has 31 heavy (non-hydrogen) atoms. The number of methoxy groups -OCH3 is 2. The van der Waals surface area contributed by atoms with Crippen LogP contribution in [-0.4, -0.2) is 26.0 Å². The highest BCUT2D eigenvalue weighted by molar-refractivity contribution is 5.76. The molecule has 0 bridgehead atoms. The van der Waals surface area contributed by atoms with E-state index in [0.29, 0.717) is 25.9 Å². The van der Waals surface area contributed by atoms with Crippen LogP contribution in [0.25, 0.3) is 0 Å². The van der Waals surface area contributed by atoms with Gasteiger partial charge in [0.05, 0.1) is 14.2 Å². The summed E-state index contributed by atoms with van der Waals surface area (Å²) in [5.74, 6) is 1.78. The molecule has 0 spiro atoms. The normalized spacial score (nSPS) is 10.4. The van der Waals surface area contributed by atoms with Crippen LogP contribution in [0.1, 0.15) is 56.1 Å². The first-order chi connectivity index (χ1) is 15.1. The molecule has 2 amide bonds. The molecule has 0 heterocycles. The summed E-state index contributed by atoms with van der Waals surface area (Å²) in [5, 5.41) is 5.90. The van der Waals surface area contributed by atoms with Crippen LogP contribution in [0.2, 0.25) is 0 Å². The molecule has 0 aromatic heterocycles. The summed E-state index contributed by atoms with van der Waals surface area (Å²) in [4.78, 5) is 23.9. The van der Waals surface area contributed by atoms with E-state index in [2.05, 4.69) is 10.6 Å². The van der Waals surface area contributed by atoms with Gasteiger partial charge in [-0.05, 0) is 48.2 Å². The Bertz CT molecular complexity index is 721. The lowest BCUT2D eigenvalue weighted by atomic mass is 10.1. The Kier molecular flexibility index (Phi) is 11.0. The van der Waals surface area contributed by atoms with Gasteiger partial charge in [-0.15, -0.1) is 0 Å². The summed E-state index contributed by atoms with van der Waals surface area (Å²) < 4.78 is 10.3. The molecule has 0 saturated heterocycles. The molecule has 0 unspecified atom stereocenters. The Morgan fingerprint density at radius 3 is 1.32 bits per heavy atom. The lowest BCUT2D eigenvalue weighted by Crippen LogP contribution is -2.22. The van der Waals surface area contributed by atoms with Crippen LogP contribution in [0.15, 0.2) is 48.5 Å². The topological polar surface area (TPSA) is 76.7 Å². The molecule has 2 rings (SSSR count). The van der Waals surface area contributed by atoms with E-state index < -0.39 is 0 Å². The van der Waals surface area contributed by atoms with Crippen LogP contribution in [0.3, 0.4) is 0 Å². The molecule has 2 aromatic carbocycles. The molecule has 6 nitrogen and oxygen atoms in total. The molecular formula is C25H34N2O4. The second kappa shape index (κ2) is 14.1. The standard InChI is InChI=1S/C25H34N2O4/c1-30-22-14-10-20(11-15-22)18-26-24(28)8-6-4-3-5-7-9-25(29)27-19-21-12-16-23(31-2)17-13-21/h10-17H,3-9,18-19H2,1-2H3,(H,26,28)(H,27,29). The van der Waals surface area contributed by atoms with Gasteiger partial charge in [0.1, 0.15) is 11.5 Å². The molecule has 0 aliphatic heterocycles. The van der Waals surface area contributed by atoms with Crippen molar-refractivity contribution >= 4 is 11.8 Å². The zero-order valence-electron chi connectivity index (χ0n) is 18.6. The van der Waals surface area contributed by atoms with E-state index in [1.165, 1.54) is 0 Å². The van der Waals surface area contributed by atoms with E-state index >= 15 is 0 Å². The van der Waals surface area contributed by atoms with E-state index in [4.69, 9.17) is 9.47 Å². The van der Waals surface area contributed by atoms with E-state index in [1.807, 2.05) is 48.5 Å². The van der Waals surface area contributed by atoms with Gasteiger partial charge in [-0.2, -0.15) is 0 Å². The Morgan fingerprint density at radius 1 is 0.613 bits per heavy atom. The first-order valence-electron chi connectivity index (χ1n) is 10.9. The quantitative estimate of drug-likeness (QED) is 0.440. The number of hydrogen-bond donors (Lipinski definition) is 2. The van der Waals surface area contributed by atoms with Crippen LogP contribution < -0.4 is 20.1 Å². The first-order valence-corrected chi connectivity index (χ1v) is 10.9. The van der Waals surface area contributed by atoms with E-state index in [1.54, 1.807) is 14.2 Å². The average Bonchev–Trinajstić information content (AvgIpc) is 2.81. The number of hydrogen-bond acceptors (Lipinski definition) is 4. The predicted molar refractivity (Wildman–Crippen MR) is 122 cm³/mol. The Balaban J connectivity index is 1.45. The average molecular weight is 427 g/mol. The summed E-state index contributed by atoms with van der Waals surface area (Å²) in [7, 11) is 3.27. The summed E-state index contributed by atoms with van der Waals surface area (Å²) in [6, 6.07) is 15.4. The van der Waals surface area contributed by atoms with Crippen molar-refractivity contribution in [3.8, 4) is 11.5 Å². The van der Waals surface area contributed by atoms with E-state index in [0.717, 1.165) is 54.7 Å². The number of nitrogens with one attached hydrogen (secondary N) is 2. The first kappa shape index (κ1) is 24.3. The highest BCUT2D eigenvalue weighted by Crippen LogP contribution is 2.12. The molecule has 6 heteroatoms. The Morgan fingerprint density at radius 2 is 0.968 bits per heavy atom. The lowest BCUT2D eigenvalue weighted by molar-refractivity contribution is -0.122.